The third-order valence-corrected chi connectivity index (χ3v) is 6.08. The summed E-state index contributed by atoms with van der Waals surface area (Å²) in [6, 6.07) is 18.0. The smallest absolute Gasteiger partial charge is 0.0154 e. The molecule has 114 valence electrons. The van der Waals surface area contributed by atoms with E-state index in [1.165, 1.54) is 32.6 Å². The molecule has 0 aliphatic carbocycles. The highest BCUT2D eigenvalue weighted by Gasteiger charge is 2.15. The van der Waals surface area contributed by atoms with Crippen LogP contribution in [0.4, 0.5) is 0 Å². The molecule has 22 heavy (non-hydrogen) atoms. The largest absolute Gasteiger partial charge is 0.0764 e. The summed E-state index contributed by atoms with van der Waals surface area (Å²) in [4.78, 5) is 0. The van der Waals surface area contributed by atoms with Gasteiger partial charge in [-0.2, -0.15) is 0 Å². The number of rotatable bonds is 4. The van der Waals surface area contributed by atoms with E-state index < -0.39 is 7.92 Å². The van der Waals surface area contributed by atoms with Gasteiger partial charge in [0.1, 0.15) is 0 Å². The monoisotopic (exact) mass is 308 g/mol. The predicted molar refractivity (Wildman–Crippen MR) is 102 cm³/mol. The van der Waals surface area contributed by atoms with Crippen LogP contribution in [0.25, 0.3) is 0 Å². The van der Waals surface area contributed by atoms with Crippen molar-refractivity contribution in [1.29, 1.82) is 0 Å². The van der Waals surface area contributed by atoms with Crippen molar-refractivity contribution in [1.82, 2.24) is 0 Å². The Morgan fingerprint density at radius 2 is 1.09 bits per heavy atom. The fourth-order valence-corrected chi connectivity index (χ4v) is 4.54. The minimum absolute atomic E-state index is 0.451. The fraction of sp³-hybridized carbons (Fsp3) is 0.238. The van der Waals surface area contributed by atoms with E-state index in [4.69, 9.17) is 0 Å². The van der Waals surface area contributed by atoms with Crippen molar-refractivity contribution in [3.8, 4) is 0 Å². The molecule has 0 aromatic heterocycles. The molecule has 1 heteroatoms. The maximum absolute atomic E-state index is 2.28. The van der Waals surface area contributed by atoms with Gasteiger partial charge in [-0.25, -0.2) is 0 Å². The van der Waals surface area contributed by atoms with Crippen LogP contribution in [0.1, 0.15) is 31.9 Å². The molecule has 0 unspecified atom stereocenters. The van der Waals surface area contributed by atoms with Gasteiger partial charge in [-0.15, -0.1) is 0 Å². The first kappa shape index (κ1) is 16.7. The SMILES string of the molecule is CC(C)=C/C=C(\C)P(c1ccc(C)cc1)c1ccc(C)cc1. The Kier molecular flexibility index (Phi) is 5.75. The molecule has 2 aromatic rings. The van der Waals surface area contributed by atoms with Gasteiger partial charge in [0, 0.05) is 0 Å². The Balaban J connectivity index is 2.49. The molecule has 0 atom stereocenters. The van der Waals surface area contributed by atoms with Crippen LogP contribution in [0.2, 0.25) is 0 Å². The molecule has 0 radical (unpaired) electrons. The highest BCUT2D eigenvalue weighted by Crippen LogP contribution is 2.42. The maximum atomic E-state index is 2.28. The summed E-state index contributed by atoms with van der Waals surface area (Å²) in [5.74, 6) is 0. The van der Waals surface area contributed by atoms with Crippen LogP contribution in [-0.4, -0.2) is 0 Å². The average Bonchev–Trinajstić information content (AvgIpc) is 2.49. The lowest BCUT2D eigenvalue weighted by molar-refractivity contribution is 1.39. The standard InChI is InChI=1S/C21H25P/c1-16(2)6-11-19(5)22(20-12-7-17(3)8-13-20)21-14-9-18(4)10-15-21/h6-15H,1-5H3/b19-11+. The van der Waals surface area contributed by atoms with E-state index >= 15 is 0 Å². The molecule has 0 heterocycles. The Morgan fingerprint density at radius 3 is 1.45 bits per heavy atom. The van der Waals surface area contributed by atoms with Gasteiger partial charge in [-0.3, -0.25) is 0 Å². The van der Waals surface area contributed by atoms with Crippen LogP contribution >= 0.6 is 7.92 Å². The first-order valence-corrected chi connectivity index (χ1v) is 9.07. The molecule has 0 aliphatic rings. The number of allylic oxidation sites excluding steroid dienone is 4. The Labute approximate surface area is 136 Å². The van der Waals surface area contributed by atoms with E-state index in [1.54, 1.807) is 0 Å². The lowest BCUT2D eigenvalue weighted by Crippen LogP contribution is -2.12. The minimum Gasteiger partial charge on any atom is -0.0764 e. The number of hydrogen-bond acceptors (Lipinski definition) is 0. The molecular weight excluding hydrogens is 283 g/mol. The quantitative estimate of drug-likeness (QED) is 0.509. The molecule has 0 amide bonds. The topological polar surface area (TPSA) is 0 Å². The van der Waals surface area contributed by atoms with Gasteiger partial charge in [0.2, 0.25) is 0 Å². The summed E-state index contributed by atoms with van der Waals surface area (Å²) in [6.07, 6.45) is 4.49. The van der Waals surface area contributed by atoms with E-state index in [-0.39, 0.29) is 0 Å². The van der Waals surface area contributed by atoms with Crippen molar-refractivity contribution in [3.05, 3.63) is 82.7 Å². The second kappa shape index (κ2) is 7.56. The van der Waals surface area contributed by atoms with Crippen molar-refractivity contribution in [2.75, 3.05) is 0 Å². The van der Waals surface area contributed by atoms with E-state index in [9.17, 15) is 0 Å². The molecular formula is C21H25P. The van der Waals surface area contributed by atoms with E-state index in [1.807, 2.05) is 0 Å². The van der Waals surface area contributed by atoms with Crippen molar-refractivity contribution >= 4 is 18.5 Å². The molecule has 2 rings (SSSR count). The lowest BCUT2D eigenvalue weighted by Gasteiger charge is -2.20. The molecule has 0 N–H and O–H groups in total. The normalized spacial score (nSPS) is 11.6. The number of hydrogen-bond donors (Lipinski definition) is 0. The molecule has 0 saturated carbocycles. The van der Waals surface area contributed by atoms with Crippen molar-refractivity contribution in [2.45, 2.75) is 34.6 Å². The molecule has 0 bridgehead atoms. The Hall–Kier alpha value is -1.65. The van der Waals surface area contributed by atoms with E-state index in [2.05, 4.69) is 95.3 Å². The Bertz CT molecular complexity index is 623. The molecule has 0 saturated heterocycles. The molecule has 2 aromatic carbocycles. The fourth-order valence-electron chi connectivity index (χ4n) is 2.31. The zero-order chi connectivity index (χ0) is 16.1. The lowest BCUT2D eigenvalue weighted by atomic mass is 10.2. The predicted octanol–water partition coefficient (Wildman–Crippen LogP) is 5.61. The second-order valence-electron chi connectivity index (χ2n) is 6.06. The highest BCUT2D eigenvalue weighted by atomic mass is 31.1. The molecule has 0 spiro atoms. The van der Waals surface area contributed by atoms with Crippen molar-refractivity contribution in [2.24, 2.45) is 0 Å². The molecule has 0 aliphatic heterocycles. The van der Waals surface area contributed by atoms with Crippen LogP contribution in [0, 0.1) is 13.8 Å². The zero-order valence-corrected chi connectivity index (χ0v) is 15.1. The third-order valence-electron chi connectivity index (χ3n) is 3.59. The zero-order valence-electron chi connectivity index (χ0n) is 14.2. The number of aryl methyl sites for hydroxylation is 2. The van der Waals surface area contributed by atoms with Crippen LogP contribution in [0.5, 0.6) is 0 Å². The third kappa shape index (κ3) is 4.42. The molecule has 0 nitrogen and oxygen atoms in total. The summed E-state index contributed by atoms with van der Waals surface area (Å²) >= 11 is 0. The van der Waals surface area contributed by atoms with Crippen LogP contribution in [0.15, 0.2) is 71.6 Å². The first-order valence-electron chi connectivity index (χ1n) is 7.72. The minimum atomic E-state index is -0.451. The summed E-state index contributed by atoms with van der Waals surface area (Å²) < 4.78 is 0. The summed E-state index contributed by atoms with van der Waals surface area (Å²) in [6.45, 7) is 10.8. The molecule has 0 fully saturated rings. The van der Waals surface area contributed by atoms with Crippen LogP contribution in [0.3, 0.4) is 0 Å². The van der Waals surface area contributed by atoms with E-state index in [0.717, 1.165) is 0 Å². The van der Waals surface area contributed by atoms with Crippen LogP contribution in [-0.2, 0) is 0 Å². The summed E-state index contributed by atoms with van der Waals surface area (Å²) in [5.41, 5.74) is 3.96. The van der Waals surface area contributed by atoms with Gasteiger partial charge in [0.15, 0.2) is 0 Å². The van der Waals surface area contributed by atoms with Crippen molar-refractivity contribution < 1.29 is 0 Å². The second-order valence-corrected chi connectivity index (χ2v) is 8.47. The average molecular weight is 308 g/mol. The van der Waals surface area contributed by atoms with Crippen molar-refractivity contribution in [3.63, 3.8) is 0 Å². The van der Waals surface area contributed by atoms with Gasteiger partial charge in [-0.05, 0) is 58.5 Å². The van der Waals surface area contributed by atoms with Crippen LogP contribution < -0.4 is 10.6 Å². The van der Waals surface area contributed by atoms with Gasteiger partial charge >= 0.3 is 0 Å². The van der Waals surface area contributed by atoms with Gasteiger partial charge in [0.05, 0.1) is 0 Å². The summed E-state index contributed by atoms with van der Waals surface area (Å²) in [7, 11) is -0.451. The Morgan fingerprint density at radius 1 is 0.682 bits per heavy atom. The van der Waals surface area contributed by atoms with Gasteiger partial charge in [-0.1, -0.05) is 77.4 Å². The maximum Gasteiger partial charge on any atom is -0.0154 e. The summed E-state index contributed by atoms with van der Waals surface area (Å²) in [5, 5.41) is 4.27. The van der Waals surface area contributed by atoms with Gasteiger partial charge < -0.3 is 0 Å². The van der Waals surface area contributed by atoms with E-state index in [0.29, 0.717) is 0 Å². The number of benzene rings is 2. The first-order chi connectivity index (χ1) is 10.5. The van der Waals surface area contributed by atoms with Gasteiger partial charge in [0.25, 0.3) is 0 Å². The highest BCUT2D eigenvalue weighted by molar-refractivity contribution is 7.76.